The molecule has 2 fully saturated rings. The molecule has 0 saturated carbocycles. The van der Waals surface area contributed by atoms with Crippen LogP contribution in [0.2, 0.25) is 0 Å². The minimum atomic E-state index is -4.26. The van der Waals surface area contributed by atoms with Crippen LogP contribution in [0.15, 0.2) is 48.5 Å². The topological polar surface area (TPSA) is 203 Å². The van der Waals surface area contributed by atoms with Crippen LogP contribution in [0, 0.1) is 0 Å². The summed E-state index contributed by atoms with van der Waals surface area (Å²) in [6.45, 7) is 14.9. The van der Waals surface area contributed by atoms with Gasteiger partial charge in [0.25, 0.3) is 0 Å². The predicted molar refractivity (Wildman–Crippen MR) is 247 cm³/mol. The van der Waals surface area contributed by atoms with Crippen molar-refractivity contribution in [3.63, 3.8) is 0 Å². The standard InChI is InChI=1S/C24H32N6O4.C22H27F3N6O2/c1-5-25-22(31)26-17-8-6-16(7-9-17)20-27-19-18(10-11-30(23(32)33)24(19,3)4)21(28-20)29-12-13-34-14-15(29)2;1-2-26-21(32)27-16-5-3-15(4-6-16)19-28-18-13-30(14-22(23,24)25)8-7-17(18)20(29-19)31-9-11-33-12-10-31/h6-9,15H,5,10-14H2,1-4H3,(H,32,33)(H2,25,26,31);3-6H,2,7-14H2,1H3,(H2,26,27,32). The van der Waals surface area contributed by atoms with Gasteiger partial charge in [-0.15, -0.1) is 0 Å². The van der Waals surface area contributed by atoms with E-state index < -0.39 is 24.4 Å². The number of morpholine rings is 2. The summed E-state index contributed by atoms with van der Waals surface area (Å²) in [5.74, 6) is 2.60. The van der Waals surface area contributed by atoms with Crippen LogP contribution in [0.25, 0.3) is 22.8 Å². The van der Waals surface area contributed by atoms with E-state index in [9.17, 15) is 32.7 Å². The van der Waals surface area contributed by atoms with Gasteiger partial charge in [0.1, 0.15) is 11.6 Å². The third-order valence-corrected chi connectivity index (χ3v) is 12.0. The number of hydrogen-bond acceptors (Lipinski definition) is 12. The molecule has 0 bridgehead atoms. The minimum absolute atomic E-state index is 0.124. The van der Waals surface area contributed by atoms with Crippen LogP contribution in [-0.4, -0.2) is 144 Å². The molecule has 5 N–H and O–H groups in total. The van der Waals surface area contributed by atoms with Crippen molar-refractivity contribution < 1.29 is 42.1 Å². The number of nitrogens with zero attached hydrogens (tertiary/aromatic N) is 8. The van der Waals surface area contributed by atoms with Crippen LogP contribution in [0.1, 0.15) is 57.1 Å². The van der Waals surface area contributed by atoms with E-state index in [1.165, 1.54) is 9.80 Å². The number of nitrogens with one attached hydrogen (secondary N) is 4. The van der Waals surface area contributed by atoms with Gasteiger partial charge in [0.15, 0.2) is 11.6 Å². The molecule has 2 aromatic carbocycles. The van der Waals surface area contributed by atoms with E-state index in [0.717, 1.165) is 39.6 Å². The lowest BCUT2D eigenvalue weighted by atomic mass is 9.87. The number of ether oxygens (including phenoxy) is 2. The van der Waals surface area contributed by atoms with Gasteiger partial charge in [-0.2, -0.15) is 13.2 Å². The van der Waals surface area contributed by atoms with Gasteiger partial charge in [-0.1, -0.05) is 0 Å². The van der Waals surface area contributed by atoms with Crippen molar-refractivity contribution in [1.82, 2.24) is 40.4 Å². The lowest BCUT2D eigenvalue weighted by molar-refractivity contribution is -0.147. The Balaban J connectivity index is 0.000000199. The van der Waals surface area contributed by atoms with Gasteiger partial charge in [-0.3, -0.25) is 9.80 Å². The van der Waals surface area contributed by atoms with Crippen molar-refractivity contribution in [2.75, 3.05) is 99.2 Å². The monoisotopic (exact) mass is 932 g/mol. The van der Waals surface area contributed by atoms with Gasteiger partial charge < -0.3 is 45.6 Å². The number of fused-ring (bicyclic) bond motifs is 2. The molecule has 0 spiro atoms. The van der Waals surface area contributed by atoms with E-state index in [1.54, 1.807) is 36.4 Å². The number of rotatable bonds is 9. The maximum absolute atomic E-state index is 13.0. The zero-order valence-corrected chi connectivity index (χ0v) is 38.5. The Morgan fingerprint density at radius 2 is 1.30 bits per heavy atom. The van der Waals surface area contributed by atoms with Gasteiger partial charge in [0.05, 0.1) is 55.9 Å². The lowest BCUT2D eigenvalue weighted by Crippen LogP contribution is -2.51. The summed E-state index contributed by atoms with van der Waals surface area (Å²) < 4.78 is 50.0. The van der Waals surface area contributed by atoms with Gasteiger partial charge in [-0.25, -0.2) is 34.3 Å². The molecule has 0 radical (unpaired) electrons. The second-order valence-electron chi connectivity index (χ2n) is 17.2. The highest BCUT2D eigenvalue weighted by Gasteiger charge is 2.42. The SMILES string of the molecule is CCNC(=O)Nc1ccc(-c2nc(N3CCOCC3C)c3c(n2)C(C)(C)N(C(=O)O)CC3)cc1.CCNC(=O)Nc1ccc(-c2nc3c(c(N4CCOCC4)n2)CCN(CC(F)(F)F)C3)cc1. The normalized spacial score (nSPS) is 18.1. The number of hydrogen-bond donors (Lipinski definition) is 5. The van der Waals surface area contributed by atoms with Crippen molar-refractivity contribution in [2.24, 2.45) is 0 Å². The Morgan fingerprint density at radius 1 is 0.746 bits per heavy atom. The molecule has 8 rings (SSSR count). The molecule has 2 aromatic heterocycles. The first-order valence-electron chi connectivity index (χ1n) is 22.6. The average molecular weight is 933 g/mol. The first kappa shape index (κ1) is 48.6. The Labute approximate surface area is 387 Å². The van der Waals surface area contributed by atoms with E-state index in [2.05, 4.69) is 43.0 Å². The Morgan fingerprint density at radius 3 is 1.85 bits per heavy atom. The van der Waals surface area contributed by atoms with Crippen LogP contribution in [0.4, 0.5) is 50.6 Å². The average Bonchev–Trinajstić information content (AvgIpc) is 3.29. The Bertz CT molecular complexity index is 2380. The lowest BCUT2D eigenvalue weighted by Gasteiger charge is -2.43. The molecule has 1 unspecified atom stereocenters. The molecule has 67 heavy (non-hydrogen) atoms. The largest absolute Gasteiger partial charge is 0.465 e. The highest BCUT2D eigenvalue weighted by Crippen LogP contribution is 2.40. The molecule has 18 nitrogen and oxygen atoms in total. The van der Waals surface area contributed by atoms with Gasteiger partial charge >= 0.3 is 24.3 Å². The molecule has 2 saturated heterocycles. The summed E-state index contributed by atoms with van der Waals surface area (Å²) in [5, 5.41) is 20.7. The van der Waals surface area contributed by atoms with Gasteiger partial charge in [-0.05, 0) is 96.0 Å². The first-order valence-corrected chi connectivity index (χ1v) is 22.6. The number of carboxylic acid groups (broad SMARTS) is 1. The summed E-state index contributed by atoms with van der Waals surface area (Å²) in [6, 6.07) is 14.0. The fourth-order valence-corrected chi connectivity index (χ4v) is 8.68. The van der Waals surface area contributed by atoms with E-state index in [1.807, 2.05) is 39.8 Å². The second-order valence-corrected chi connectivity index (χ2v) is 17.2. The highest BCUT2D eigenvalue weighted by atomic mass is 19.4. The fraction of sp³-hybridized carbons (Fsp3) is 0.500. The third-order valence-electron chi connectivity index (χ3n) is 12.0. The number of halogens is 3. The molecule has 4 aliphatic rings. The smallest absolute Gasteiger partial charge is 0.408 e. The second kappa shape index (κ2) is 21.1. The van der Waals surface area contributed by atoms with Crippen LogP contribution >= 0.6 is 0 Å². The zero-order valence-electron chi connectivity index (χ0n) is 38.5. The minimum Gasteiger partial charge on any atom is -0.465 e. The summed E-state index contributed by atoms with van der Waals surface area (Å²) >= 11 is 0. The van der Waals surface area contributed by atoms with Crippen LogP contribution in [0.3, 0.4) is 0 Å². The molecule has 5 amide bonds. The number of benzene rings is 2. The molecule has 21 heteroatoms. The van der Waals surface area contributed by atoms with E-state index >= 15 is 0 Å². The Hall–Kier alpha value is -6.32. The Kier molecular flexibility index (Phi) is 15.3. The molecule has 1 atom stereocenters. The van der Waals surface area contributed by atoms with Crippen LogP contribution in [0.5, 0.6) is 0 Å². The molecule has 6 heterocycles. The van der Waals surface area contributed by atoms with E-state index in [4.69, 9.17) is 24.4 Å². The van der Waals surface area contributed by atoms with E-state index in [0.29, 0.717) is 114 Å². The van der Waals surface area contributed by atoms with Crippen molar-refractivity contribution in [3.8, 4) is 22.8 Å². The van der Waals surface area contributed by atoms with Gasteiger partial charge in [0.2, 0.25) is 0 Å². The van der Waals surface area contributed by atoms with Gasteiger partial charge in [0, 0.05) is 86.0 Å². The van der Waals surface area contributed by atoms with E-state index in [-0.39, 0.29) is 24.6 Å². The molecule has 0 aliphatic carbocycles. The number of alkyl halides is 3. The number of amides is 5. The summed E-state index contributed by atoms with van der Waals surface area (Å²) in [6.07, 6.45) is -4.20. The molecular weight excluding hydrogens is 874 g/mol. The van der Waals surface area contributed by atoms with Crippen molar-refractivity contribution in [1.29, 1.82) is 0 Å². The maximum atomic E-state index is 13.0. The number of urea groups is 2. The summed E-state index contributed by atoms with van der Waals surface area (Å²) in [4.78, 5) is 62.1. The quantitative estimate of drug-likeness (QED) is 0.125. The maximum Gasteiger partial charge on any atom is 0.408 e. The number of anilines is 4. The van der Waals surface area contributed by atoms with Crippen molar-refractivity contribution >= 4 is 41.2 Å². The van der Waals surface area contributed by atoms with Crippen molar-refractivity contribution in [3.05, 3.63) is 71.0 Å². The van der Waals surface area contributed by atoms with Crippen molar-refractivity contribution in [2.45, 2.75) is 71.8 Å². The molecular formula is C46H59F3N12O6. The first-order chi connectivity index (χ1) is 32.0. The van der Waals surface area contributed by atoms with Crippen LogP contribution in [-0.2, 0) is 34.4 Å². The predicted octanol–water partition coefficient (Wildman–Crippen LogP) is 6.32. The molecule has 4 aliphatic heterocycles. The third kappa shape index (κ3) is 11.8. The highest BCUT2D eigenvalue weighted by molar-refractivity contribution is 5.90. The number of carbonyl (C=O) groups excluding carboxylic acids is 2. The molecule has 4 aromatic rings. The molecule has 360 valence electrons. The zero-order chi connectivity index (χ0) is 47.9. The number of aromatic nitrogens is 4. The fourth-order valence-electron chi connectivity index (χ4n) is 8.68. The summed E-state index contributed by atoms with van der Waals surface area (Å²) in [7, 11) is 0. The number of carbonyl (C=O) groups is 3. The summed E-state index contributed by atoms with van der Waals surface area (Å²) in [5.41, 5.74) is 5.24. The van der Waals surface area contributed by atoms with Crippen LogP contribution < -0.4 is 31.1 Å².